The highest BCUT2D eigenvalue weighted by atomic mass is 79.9. The Balaban J connectivity index is 1.67. The molecule has 6 rings (SSSR count). The van der Waals surface area contributed by atoms with Crippen LogP contribution >= 0.6 is 15.9 Å². The first-order valence-corrected chi connectivity index (χ1v) is 11.8. The van der Waals surface area contributed by atoms with Gasteiger partial charge in [0.25, 0.3) is 0 Å². The SMILES string of the molecule is BrC1(c2ccccc2)C=c2c(n(-c3ccccc3-c3ccccc3)c3ccccc23)=CC1. The van der Waals surface area contributed by atoms with Gasteiger partial charge in [-0.15, -0.1) is 0 Å². The number of alkyl halides is 1. The fourth-order valence-corrected chi connectivity index (χ4v) is 5.53. The number of para-hydroxylation sites is 2. The molecule has 1 aliphatic rings. The van der Waals surface area contributed by atoms with Gasteiger partial charge in [0.15, 0.2) is 0 Å². The third-order valence-corrected chi connectivity index (χ3v) is 7.41. The molecule has 0 spiro atoms. The molecular formula is C30H22BrN. The number of nitrogens with zero attached hydrogens (tertiary/aromatic N) is 1. The molecule has 0 radical (unpaired) electrons. The number of rotatable bonds is 3. The molecule has 2 heteroatoms. The fourth-order valence-electron chi connectivity index (χ4n) is 4.88. The van der Waals surface area contributed by atoms with E-state index in [1.165, 1.54) is 43.8 Å². The van der Waals surface area contributed by atoms with Crippen LogP contribution in [0, 0.1) is 0 Å². The van der Waals surface area contributed by atoms with Crippen molar-refractivity contribution >= 4 is 39.0 Å². The quantitative estimate of drug-likeness (QED) is 0.260. The second kappa shape index (κ2) is 7.65. The van der Waals surface area contributed by atoms with E-state index in [0.717, 1.165) is 6.42 Å². The van der Waals surface area contributed by atoms with Crippen LogP contribution in [0.15, 0.2) is 109 Å². The minimum atomic E-state index is -0.199. The summed E-state index contributed by atoms with van der Waals surface area (Å²) >= 11 is 4.08. The Bertz CT molecular complexity index is 1550. The monoisotopic (exact) mass is 475 g/mol. The molecule has 0 saturated heterocycles. The lowest BCUT2D eigenvalue weighted by Gasteiger charge is -2.25. The van der Waals surface area contributed by atoms with E-state index in [1.54, 1.807) is 0 Å². The highest BCUT2D eigenvalue weighted by Gasteiger charge is 2.28. The molecule has 32 heavy (non-hydrogen) atoms. The minimum Gasteiger partial charge on any atom is -0.309 e. The summed E-state index contributed by atoms with van der Waals surface area (Å²) in [6, 6.07) is 38.8. The van der Waals surface area contributed by atoms with Crippen molar-refractivity contribution in [2.75, 3.05) is 0 Å². The van der Waals surface area contributed by atoms with E-state index in [-0.39, 0.29) is 4.32 Å². The zero-order valence-corrected chi connectivity index (χ0v) is 19.2. The highest BCUT2D eigenvalue weighted by Crippen LogP contribution is 2.39. The molecular weight excluding hydrogens is 454 g/mol. The van der Waals surface area contributed by atoms with Gasteiger partial charge >= 0.3 is 0 Å². The summed E-state index contributed by atoms with van der Waals surface area (Å²) in [5.41, 5.74) is 6.20. The number of hydrogen-bond donors (Lipinski definition) is 0. The Labute approximate surface area is 196 Å². The molecule has 1 heterocycles. The highest BCUT2D eigenvalue weighted by molar-refractivity contribution is 9.09. The van der Waals surface area contributed by atoms with Crippen molar-refractivity contribution in [3.05, 3.63) is 125 Å². The van der Waals surface area contributed by atoms with Crippen LogP contribution in [0.5, 0.6) is 0 Å². The fraction of sp³-hybridized carbons (Fsp3) is 0.0667. The number of benzene rings is 4. The minimum absolute atomic E-state index is 0.199. The Morgan fingerprint density at radius 3 is 2.16 bits per heavy atom. The second-order valence-electron chi connectivity index (χ2n) is 8.32. The summed E-state index contributed by atoms with van der Waals surface area (Å²) in [5, 5.41) is 3.83. The Morgan fingerprint density at radius 1 is 0.688 bits per heavy atom. The molecule has 0 bridgehead atoms. The topological polar surface area (TPSA) is 4.93 Å². The predicted octanol–water partition coefficient (Wildman–Crippen LogP) is 6.55. The lowest BCUT2D eigenvalue weighted by atomic mass is 9.91. The first-order chi connectivity index (χ1) is 15.7. The van der Waals surface area contributed by atoms with Gasteiger partial charge in [-0.05, 0) is 29.7 Å². The summed E-state index contributed by atoms with van der Waals surface area (Å²) in [5.74, 6) is 0. The van der Waals surface area contributed by atoms with E-state index < -0.39 is 0 Å². The van der Waals surface area contributed by atoms with Crippen molar-refractivity contribution in [3.8, 4) is 16.8 Å². The lowest BCUT2D eigenvalue weighted by Crippen LogP contribution is -2.35. The van der Waals surface area contributed by atoms with Gasteiger partial charge < -0.3 is 4.57 Å². The molecule has 154 valence electrons. The molecule has 1 aromatic heterocycles. The number of aromatic nitrogens is 1. The maximum absolute atomic E-state index is 4.08. The van der Waals surface area contributed by atoms with Gasteiger partial charge in [-0.1, -0.05) is 125 Å². The molecule has 1 nitrogen and oxygen atoms in total. The summed E-state index contributed by atoms with van der Waals surface area (Å²) in [7, 11) is 0. The zero-order chi connectivity index (χ0) is 21.5. The Morgan fingerprint density at radius 2 is 1.34 bits per heavy atom. The van der Waals surface area contributed by atoms with Gasteiger partial charge in [0, 0.05) is 21.5 Å². The summed E-state index contributed by atoms with van der Waals surface area (Å²) in [4.78, 5) is 0. The van der Waals surface area contributed by atoms with Crippen molar-refractivity contribution < 1.29 is 0 Å². The van der Waals surface area contributed by atoms with Crippen LogP contribution in [-0.2, 0) is 4.32 Å². The van der Waals surface area contributed by atoms with Crippen LogP contribution in [0.2, 0.25) is 0 Å². The van der Waals surface area contributed by atoms with Crippen LogP contribution in [-0.4, -0.2) is 4.57 Å². The molecule has 1 unspecified atom stereocenters. The van der Waals surface area contributed by atoms with Crippen molar-refractivity contribution in [1.29, 1.82) is 0 Å². The molecule has 4 aromatic carbocycles. The van der Waals surface area contributed by atoms with Gasteiger partial charge in [0.1, 0.15) is 0 Å². The van der Waals surface area contributed by atoms with Gasteiger partial charge in [-0.2, -0.15) is 0 Å². The molecule has 1 atom stereocenters. The standard InChI is InChI=1S/C30H22BrN/c31-30(23-13-5-2-6-14-23)20-19-29-26(21-30)25-16-8-10-18-28(25)32(29)27-17-9-7-15-24(27)22-11-3-1-4-12-22/h1-19,21H,20H2. The molecule has 5 aromatic rings. The van der Waals surface area contributed by atoms with E-state index in [1.807, 2.05) is 0 Å². The van der Waals surface area contributed by atoms with Crippen molar-refractivity contribution in [2.24, 2.45) is 0 Å². The largest absolute Gasteiger partial charge is 0.309 e. The first kappa shape index (κ1) is 19.3. The second-order valence-corrected chi connectivity index (χ2v) is 9.73. The van der Waals surface area contributed by atoms with Gasteiger partial charge in [-0.25, -0.2) is 0 Å². The number of halogens is 1. The van der Waals surface area contributed by atoms with Gasteiger partial charge in [-0.3, -0.25) is 0 Å². The number of fused-ring (bicyclic) bond motifs is 3. The summed E-state index contributed by atoms with van der Waals surface area (Å²) < 4.78 is 2.23. The molecule has 0 saturated carbocycles. The lowest BCUT2D eigenvalue weighted by molar-refractivity contribution is 0.855. The van der Waals surface area contributed by atoms with E-state index in [4.69, 9.17) is 0 Å². The van der Waals surface area contributed by atoms with Crippen LogP contribution in [0.3, 0.4) is 0 Å². The number of hydrogen-bond acceptors (Lipinski definition) is 0. The van der Waals surface area contributed by atoms with E-state index >= 15 is 0 Å². The maximum Gasteiger partial charge on any atom is 0.0730 e. The van der Waals surface area contributed by atoms with E-state index in [2.05, 4.69) is 142 Å². The Kier molecular flexibility index (Phi) is 4.62. The third kappa shape index (κ3) is 3.06. The van der Waals surface area contributed by atoms with Crippen molar-refractivity contribution in [1.82, 2.24) is 4.57 Å². The smallest absolute Gasteiger partial charge is 0.0730 e. The Hall–Kier alpha value is -3.36. The third-order valence-electron chi connectivity index (χ3n) is 6.40. The van der Waals surface area contributed by atoms with E-state index in [0.29, 0.717) is 0 Å². The average molecular weight is 476 g/mol. The molecule has 0 aliphatic heterocycles. The first-order valence-electron chi connectivity index (χ1n) is 11.0. The molecule has 0 fully saturated rings. The van der Waals surface area contributed by atoms with Crippen LogP contribution in [0.1, 0.15) is 12.0 Å². The van der Waals surface area contributed by atoms with Crippen molar-refractivity contribution in [3.63, 3.8) is 0 Å². The molecule has 1 aliphatic carbocycles. The summed E-state index contributed by atoms with van der Waals surface area (Å²) in [6.45, 7) is 0. The normalized spacial score (nSPS) is 17.4. The van der Waals surface area contributed by atoms with Crippen LogP contribution < -0.4 is 10.6 Å². The zero-order valence-electron chi connectivity index (χ0n) is 17.6. The molecule has 0 N–H and O–H groups in total. The summed E-state index contributed by atoms with van der Waals surface area (Å²) in [6.07, 6.45) is 5.69. The predicted molar refractivity (Wildman–Crippen MR) is 139 cm³/mol. The maximum atomic E-state index is 4.08. The van der Waals surface area contributed by atoms with Gasteiger partial charge in [0.05, 0.1) is 15.5 Å². The van der Waals surface area contributed by atoms with Crippen molar-refractivity contribution in [2.45, 2.75) is 10.7 Å². The molecule has 0 amide bonds. The van der Waals surface area contributed by atoms with Gasteiger partial charge in [0.2, 0.25) is 0 Å². The van der Waals surface area contributed by atoms with E-state index in [9.17, 15) is 0 Å². The van der Waals surface area contributed by atoms with Crippen LogP contribution in [0.25, 0.3) is 39.9 Å². The van der Waals surface area contributed by atoms with Crippen LogP contribution in [0.4, 0.5) is 0 Å². The average Bonchev–Trinajstić information content (AvgIpc) is 3.18.